The topological polar surface area (TPSA) is 116 Å². The minimum absolute atomic E-state index is 0.319. The number of benzene rings is 2. The highest BCUT2D eigenvalue weighted by molar-refractivity contribution is 6.13. The number of nitrogens with zero attached hydrogens (tertiary/aromatic N) is 5. The Morgan fingerprint density at radius 1 is 0.800 bits per heavy atom. The van der Waals surface area contributed by atoms with Crippen LogP contribution in [0.5, 0.6) is 0 Å². The molecule has 2 aromatic rings. The Bertz CT molecular complexity index is 858. The van der Waals surface area contributed by atoms with E-state index in [4.69, 9.17) is 0 Å². The molecule has 1 fully saturated rings. The van der Waals surface area contributed by atoms with Crippen molar-refractivity contribution in [2.45, 2.75) is 6.42 Å². The lowest BCUT2D eigenvalue weighted by Crippen LogP contribution is -2.49. The van der Waals surface area contributed by atoms with Crippen LogP contribution in [0.15, 0.2) is 75.2 Å². The highest BCUT2D eigenvalue weighted by atomic mass is 16.2. The molecule has 0 aliphatic carbocycles. The summed E-state index contributed by atoms with van der Waals surface area (Å²) >= 11 is 0. The number of hydrogen-bond donors (Lipinski definition) is 1. The SMILES string of the molecule is O=C1CC(=O)N(N=Nc2ccccc2N=Nc2ccccc2)C(=O)N1. The second-order valence-corrected chi connectivity index (χ2v) is 4.95. The number of amides is 4. The predicted octanol–water partition coefficient (Wildman–Crippen LogP) is 3.57. The van der Waals surface area contributed by atoms with E-state index in [1.54, 1.807) is 36.4 Å². The van der Waals surface area contributed by atoms with Crippen LogP contribution in [-0.2, 0) is 9.59 Å². The van der Waals surface area contributed by atoms with Crippen molar-refractivity contribution in [3.05, 3.63) is 54.6 Å². The monoisotopic (exact) mass is 336 g/mol. The maximum Gasteiger partial charge on any atom is 0.353 e. The molecule has 0 saturated carbocycles. The van der Waals surface area contributed by atoms with Crippen molar-refractivity contribution in [3.63, 3.8) is 0 Å². The summed E-state index contributed by atoms with van der Waals surface area (Å²) in [6.45, 7) is 0. The number of imide groups is 2. The summed E-state index contributed by atoms with van der Waals surface area (Å²) in [5, 5.41) is 18.2. The van der Waals surface area contributed by atoms with Gasteiger partial charge in [-0.1, -0.05) is 35.6 Å². The number of hydrogen-bond acceptors (Lipinski definition) is 7. The van der Waals surface area contributed by atoms with Crippen molar-refractivity contribution in [2.24, 2.45) is 20.6 Å². The number of nitrogens with one attached hydrogen (secondary N) is 1. The first kappa shape index (κ1) is 16.1. The van der Waals surface area contributed by atoms with Gasteiger partial charge in [-0.3, -0.25) is 14.9 Å². The van der Waals surface area contributed by atoms with E-state index < -0.39 is 24.3 Å². The molecule has 25 heavy (non-hydrogen) atoms. The minimum Gasteiger partial charge on any atom is -0.276 e. The van der Waals surface area contributed by atoms with Crippen LogP contribution < -0.4 is 5.32 Å². The first-order valence-corrected chi connectivity index (χ1v) is 7.28. The molecule has 1 N–H and O–H groups in total. The predicted molar refractivity (Wildman–Crippen MR) is 86.6 cm³/mol. The minimum atomic E-state index is -0.937. The molecule has 1 heterocycles. The Balaban J connectivity index is 1.81. The second kappa shape index (κ2) is 7.21. The van der Waals surface area contributed by atoms with Gasteiger partial charge in [0.15, 0.2) is 0 Å². The van der Waals surface area contributed by atoms with Crippen LogP contribution in [0.2, 0.25) is 0 Å². The smallest absolute Gasteiger partial charge is 0.276 e. The summed E-state index contributed by atoms with van der Waals surface area (Å²) in [4.78, 5) is 34.4. The van der Waals surface area contributed by atoms with E-state index in [9.17, 15) is 14.4 Å². The van der Waals surface area contributed by atoms with Crippen LogP contribution in [-0.4, -0.2) is 22.9 Å². The van der Waals surface area contributed by atoms with E-state index in [0.29, 0.717) is 22.1 Å². The molecular weight excluding hydrogens is 324 g/mol. The highest BCUT2D eigenvalue weighted by Crippen LogP contribution is 2.29. The molecule has 1 saturated heterocycles. The van der Waals surface area contributed by atoms with Gasteiger partial charge < -0.3 is 0 Å². The summed E-state index contributed by atoms with van der Waals surface area (Å²) in [5.41, 5.74) is 1.40. The van der Waals surface area contributed by atoms with E-state index in [2.05, 4.69) is 20.6 Å². The van der Waals surface area contributed by atoms with Crippen molar-refractivity contribution >= 4 is 34.9 Å². The lowest BCUT2D eigenvalue weighted by molar-refractivity contribution is -0.136. The van der Waals surface area contributed by atoms with E-state index >= 15 is 0 Å². The zero-order valence-corrected chi connectivity index (χ0v) is 12.9. The lowest BCUT2D eigenvalue weighted by Gasteiger charge is -2.18. The van der Waals surface area contributed by atoms with E-state index in [0.717, 1.165) is 0 Å². The first-order chi connectivity index (χ1) is 12.1. The molecule has 1 aliphatic rings. The van der Waals surface area contributed by atoms with Gasteiger partial charge in [0.1, 0.15) is 17.8 Å². The lowest BCUT2D eigenvalue weighted by atomic mass is 10.3. The first-order valence-electron chi connectivity index (χ1n) is 7.28. The normalized spacial score (nSPS) is 15.2. The zero-order chi connectivity index (χ0) is 17.6. The summed E-state index contributed by atoms with van der Waals surface area (Å²) in [5.74, 6) is -1.42. The number of rotatable bonds is 4. The fraction of sp³-hybridized carbons (Fsp3) is 0.0625. The van der Waals surface area contributed by atoms with Gasteiger partial charge in [0.25, 0.3) is 5.91 Å². The Labute approximate surface area is 142 Å². The maximum absolute atomic E-state index is 11.7. The average molecular weight is 336 g/mol. The van der Waals surface area contributed by atoms with Gasteiger partial charge in [-0.15, -0.1) is 15.2 Å². The highest BCUT2D eigenvalue weighted by Gasteiger charge is 2.31. The number of azo groups is 1. The van der Waals surface area contributed by atoms with E-state index in [1.165, 1.54) is 0 Å². The quantitative estimate of drug-likeness (QED) is 0.679. The maximum atomic E-state index is 11.7. The summed E-state index contributed by atoms with van der Waals surface area (Å²) in [7, 11) is 0. The fourth-order valence-electron chi connectivity index (χ4n) is 1.96. The Morgan fingerprint density at radius 2 is 1.44 bits per heavy atom. The van der Waals surface area contributed by atoms with Crippen molar-refractivity contribution in [2.75, 3.05) is 0 Å². The van der Waals surface area contributed by atoms with Gasteiger partial charge in [0.2, 0.25) is 5.91 Å². The van der Waals surface area contributed by atoms with Crippen LogP contribution >= 0.6 is 0 Å². The second-order valence-electron chi connectivity index (χ2n) is 4.95. The molecule has 2 aromatic carbocycles. The summed E-state index contributed by atoms with van der Waals surface area (Å²) in [6, 6.07) is 14.9. The Morgan fingerprint density at radius 3 is 2.12 bits per heavy atom. The molecular formula is C16H12N6O3. The number of barbiturate groups is 1. The van der Waals surface area contributed by atoms with Gasteiger partial charge in [-0.2, -0.15) is 5.11 Å². The molecule has 0 spiro atoms. The molecule has 124 valence electrons. The van der Waals surface area contributed by atoms with Crippen molar-refractivity contribution in [1.82, 2.24) is 10.3 Å². The van der Waals surface area contributed by atoms with Gasteiger partial charge in [-0.05, 0) is 24.3 Å². The van der Waals surface area contributed by atoms with Crippen molar-refractivity contribution in [3.8, 4) is 0 Å². The standard InChI is InChI=1S/C16H12N6O3/c23-14-10-15(24)22(16(25)17-14)21-20-13-9-5-4-8-12(13)19-18-11-6-2-1-3-7-11/h1-9H,10H2,(H,17,23,25). The average Bonchev–Trinajstić information content (AvgIpc) is 2.61. The van der Waals surface area contributed by atoms with Crippen LogP contribution in [0.1, 0.15) is 6.42 Å². The fourth-order valence-corrected chi connectivity index (χ4v) is 1.96. The molecule has 0 atom stereocenters. The van der Waals surface area contributed by atoms with Crippen LogP contribution in [0.4, 0.5) is 21.9 Å². The van der Waals surface area contributed by atoms with Crippen LogP contribution in [0.3, 0.4) is 0 Å². The molecule has 0 unspecified atom stereocenters. The summed E-state index contributed by atoms with van der Waals surface area (Å²) < 4.78 is 0. The molecule has 9 nitrogen and oxygen atoms in total. The molecule has 0 aromatic heterocycles. The van der Waals surface area contributed by atoms with E-state index in [-0.39, 0.29) is 0 Å². The van der Waals surface area contributed by atoms with Gasteiger partial charge in [0, 0.05) is 0 Å². The number of carbonyl (C=O) groups is 3. The third-order valence-corrected chi connectivity index (χ3v) is 3.14. The molecule has 1 aliphatic heterocycles. The number of urea groups is 1. The molecule has 4 amide bonds. The van der Waals surface area contributed by atoms with E-state index in [1.807, 2.05) is 23.5 Å². The van der Waals surface area contributed by atoms with Gasteiger partial charge in [-0.25, -0.2) is 4.79 Å². The third-order valence-electron chi connectivity index (χ3n) is 3.14. The van der Waals surface area contributed by atoms with Crippen molar-refractivity contribution < 1.29 is 14.4 Å². The molecule has 0 bridgehead atoms. The van der Waals surface area contributed by atoms with Crippen LogP contribution in [0, 0.1) is 0 Å². The largest absolute Gasteiger partial charge is 0.353 e. The zero-order valence-electron chi connectivity index (χ0n) is 12.9. The third kappa shape index (κ3) is 3.96. The van der Waals surface area contributed by atoms with Gasteiger partial charge >= 0.3 is 6.03 Å². The summed E-state index contributed by atoms with van der Waals surface area (Å²) in [6.07, 6.45) is -0.458. The van der Waals surface area contributed by atoms with Crippen molar-refractivity contribution in [1.29, 1.82) is 0 Å². The molecule has 3 rings (SSSR count). The Kier molecular flexibility index (Phi) is 4.65. The molecule has 0 radical (unpaired) electrons. The number of carbonyl (C=O) groups excluding carboxylic acids is 3. The van der Waals surface area contributed by atoms with Gasteiger partial charge in [0.05, 0.1) is 5.69 Å². The van der Waals surface area contributed by atoms with Crippen LogP contribution in [0.25, 0.3) is 0 Å². The molecule has 9 heteroatoms. The Hall–Kier alpha value is -3.75.